The van der Waals surface area contributed by atoms with Gasteiger partial charge in [-0.2, -0.15) is 0 Å². The molecule has 0 aromatic heterocycles. The van der Waals surface area contributed by atoms with Gasteiger partial charge in [-0.1, -0.05) is 30.3 Å². The lowest BCUT2D eigenvalue weighted by Crippen LogP contribution is -2.63. The van der Waals surface area contributed by atoms with E-state index >= 15 is 0 Å². The Morgan fingerprint density at radius 3 is 2.03 bits per heavy atom. The standard InChI is InChI=1S/C22H30O9/c1-13(10-11-17-8-6-5-7-9-17)27-22-21(30-16(4)26)20(29-15(3)25)19(28-14(2)24)18(12-23)31-22/h5-9,13,18-23H,10-12H2,1-4H3/t13-,18-,19-,20+,21-,22-/m1/s1. The lowest BCUT2D eigenvalue weighted by Gasteiger charge is -2.44. The summed E-state index contributed by atoms with van der Waals surface area (Å²) in [6, 6.07) is 9.85. The Bertz CT molecular complexity index is 736. The Morgan fingerprint density at radius 2 is 1.48 bits per heavy atom. The fourth-order valence-corrected chi connectivity index (χ4v) is 3.42. The zero-order valence-corrected chi connectivity index (χ0v) is 18.2. The number of ether oxygens (including phenoxy) is 5. The molecule has 1 aromatic carbocycles. The van der Waals surface area contributed by atoms with Crippen LogP contribution < -0.4 is 0 Å². The summed E-state index contributed by atoms with van der Waals surface area (Å²) >= 11 is 0. The molecule has 2 rings (SSSR count). The molecule has 0 radical (unpaired) electrons. The van der Waals surface area contributed by atoms with Crippen LogP contribution in [0.15, 0.2) is 30.3 Å². The molecule has 0 aliphatic carbocycles. The highest BCUT2D eigenvalue weighted by molar-refractivity contribution is 5.68. The van der Waals surface area contributed by atoms with E-state index in [0.29, 0.717) is 6.42 Å². The maximum atomic E-state index is 11.7. The van der Waals surface area contributed by atoms with E-state index in [0.717, 1.165) is 12.0 Å². The molecular weight excluding hydrogens is 408 g/mol. The van der Waals surface area contributed by atoms with Gasteiger partial charge in [0.25, 0.3) is 0 Å². The highest BCUT2D eigenvalue weighted by Gasteiger charge is 2.52. The third-order valence-electron chi connectivity index (χ3n) is 4.73. The van der Waals surface area contributed by atoms with E-state index in [2.05, 4.69) is 0 Å². The van der Waals surface area contributed by atoms with Crippen LogP contribution in [0.5, 0.6) is 0 Å². The zero-order valence-electron chi connectivity index (χ0n) is 18.2. The normalized spacial score (nSPS) is 26.5. The van der Waals surface area contributed by atoms with Gasteiger partial charge in [-0.05, 0) is 25.3 Å². The van der Waals surface area contributed by atoms with Crippen LogP contribution in [0.2, 0.25) is 0 Å². The summed E-state index contributed by atoms with van der Waals surface area (Å²) in [6.45, 7) is 4.86. The molecule has 9 nitrogen and oxygen atoms in total. The maximum Gasteiger partial charge on any atom is 0.303 e. The van der Waals surface area contributed by atoms with Crippen LogP contribution in [0.25, 0.3) is 0 Å². The number of rotatable bonds is 9. The summed E-state index contributed by atoms with van der Waals surface area (Å²) in [5, 5.41) is 9.78. The number of aliphatic hydroxyl groups excluding tert-OH is 1. The molecule has 9 heteroatoms. The quantitative estimate of drug-likeness (QED) is 0.452. The van der Waals surface area contributed by atoms with Gasteiger partial charge in [-0.25, -0.2) is 0 Å². The average molecular weight is 438 g/mol. The molecule has 0 spiro atoms. The molecule has 172 valence electrons. The van der Waals surface area contributed by atoms with E-state index in [9.17, 15) is 19.5 Å². The molecule has 1 fully saturated rings. The molecule has 1 aromatic rings. The van der Waals surface area contributed by atoms with Crippen LogP contribution in [0, 0.1) is 0 Å². The van der Waals surface area contributed by atoms with Crippen LogP contribution in [-0.2, 0) is 44.5 Å². The minimum atomic E-state index is -1.21. The Kier molecular flexibility index (Phi) is 9.42. The minimum absolute atomic E-state index is 0.314. The largest absolute Gasteiger partial charge is 0.456 e. The van der Waals surface area contributed by atoms with Crippen LogP contribution in [0.4, 0.5) is 0 Å². The summed E-state index contributed by atoms with van der Waals surface area (Å²) in [5.74, 6) is -1.99. The van der Waals surface area contributed by atoms with Crippen molar-refractivity contribution in [3.05, 3.63) is 35.9 Å². The van der Waals surface area contributed by atoms with Crippen molar-refractivity contribution >= 4 is 17.9 Å². The number of carbonyl (C=O) groups is 3. The van der Waals surface area contributed by atoms with E-state index in [1.807, 2.05) is 37.3 Å². The van der Waals surface area contributed by atoms with E-state index in [-0.39, 0.29) is 6.10 Å². The number of esters is 3. The highest BCUT2D eigenvalue weighted by Crippen LogP contribution is 2.30. The van der Waals surface area contributed by atoms with E-state index < -0.39 is 55.2 Å². The van der Waals surface area contributed by atoms with Gasteiger partial charge in [0.2, 0.25) is 0 Å². The second-order valence-corrected chi connectivity index (χ2v) is 7.42. The lowest BCUT2D eigenvalue weighted by molar-refractivity contribution is -0.315. The molecule has 6 atom stereocenters. The minimum Gasteiger partial charge on any atom is -0.456 e. The molecule has 0 unspecified atom stereocenters. The monoisotopic (exact) mass is 438 g/mol. The average Bonchev–Trinajstić information content (AvgIpc) is 2.70. The molecule has 1 saturated heterocycles. The summed E-state index contributed by atoms with van der Waals surface area (Å²) < 4.78 is 27.7. The fourth-order valence-electron chi connectivity index (χ4n) is 3.42. The van der Waals surface area contributed by atoms with Crippen molar-refractivity contribution in [3.8, 4) is 0 Å². The van der Waals surface area contributed by atoms with Crippen LogP contribution in [0.3, 0.4) is 0 Å². The van der Waals surface area contributed by atoms with Gasteiger partial charge in [0.05, 0.1) is 12.7 Å². The molecule has 0 amide bonds. The van der Waals surface area contributed by atoms with Gasteiger partial charge in [0.15, 0.2) is 24.6 Å². The van der Waals surface area contributed by atoms with Crippen LogP contribution in [0.1, 0.15) is 39.7 Å². The molecule has 1 N–H and O–H groups in total. The van der Waals surface area contributed by atoms with Crippen molar-refractivity contribution in [1.29, 1.82) is 0 Å². The molecular formula is C22H30O9. The number of carbonyl (C=O) groups excluding carboxylic acids is 3. The smallest absolute Gasteiger partial charge is 0.303 e. The summed E-state index contributed by atoms with van der Waals surface area (Å²) in [6.07, 6.45) is -4.66. The van der Waals surface area contributed by atoms with Gasteiger partial charge in [-0.15, -0.1) is 0 Å². The SMILES string of the molecule is CC(=O)O[C@@H]1[C@@H](OC(C)=O)[C@H](O[C@H](C)CCc2ccccc2)O[C@H](CO)[C@H]1OC(C)=O. The Hall–Kier alpha value is -2.49. The number of hydrogen-bond donors (Lipinski definition) is 1. The van der Waals surface area contributed by atoms with Crippen molar-refractivity contribution in [2.24, 2.45) is 0 Å². The second kappa shape index (κ2) is 11.8. The van der Waals surface area contributed by atoms with Gasteiger partial charge in [0, 0.05) is 20.8 Å². The van der Waals surface area contributed by atoms with Crippen LogP contribution >= 0.6 is 0 Å². The predicted molar refractivity (Wildman–Crippen MR) is 108 cm³/mol. The Morgan fingerprint density at radius 1 is 0.935 bits per heavy atom. The first-order valence-electron chi connectivity index (χ1n) is 10.2. The van der Waals surface area contributed by atoms with E-state index in [1.165, 1.54) is 20.8 Å². The molecule has 0 bridgehead atoms. The topological polar surface area (TPSA) is 118 Å². The van der Waals surface area contributed by atoms with Crippen LogP contribution in [-0.4, -0.2) is 66.4 Å². The van der Waals surface area contributed by atoms with Crippen molar-refractivity contribution < 1.29 is 43.2 Å². The van der Waals surface area contributed by atoms with E-state index in [1.54, 1.807) is 0 Å². The van der Waals surface area contributed by atoms with Crippen molar-refractivity contribution in [2.75, 3.05) is 6.61 Å². The second-order valence-electron chi connectivity index (χ2n) is 7.42. The first-order chi connectivity index (χ1) is 14.7. The zero-order chi connectivity index (χ0) is 23.0. The van der Waals surface area contributed by atoms with Crippen molar-refractivity contribution in [3.63, 3.8) is 0 Å². The summed E-state index contributed by atoms with van der Waals surface area (Å²) in [4.78, 5) is 35.0. The summed E-state index contributed by atoms with van der Waals surface area (Å²) in [5.41, 5.74) is 1.14. The third-order valence-corrected chi connectivity index (χ3v) is 4.73. The lowest BCUT2D eigenvalue weighted by atomic mass is 9.98. The predicted octanol–water partition coefficient (Wildman–Crippen LogP) is 1.54. The van der Waals surface area contributed by atoms with Gasteiger partial charge in [-0.3, -0.25) is 14.4 Å². The van der Waals surface area contributed by atoms with Crippen molar-refractivity contribution in [1.82, 2.24) is 0 Å². The van der Waals surface area contributed by atoms with Gasteiger partial charge < -0.3 is 28.8 Å². The molecule has 1 heterocycles. The fraction of sp³-hybridized carbons (Fsp3) is 0.591. The molecule has 1 aliphatic rings. The van der Waals surface area contributed by atoms with Crippen molar-refractivity contribution in [2.45, 2.75) is 77.3 Å². The first-order valence-corrected chi connectivity index (χ1v) is 10.2. The van der Waals surface area contributed by atoms with Gasteiger partial charge >= 0.3 is 17.9 Å². The molecule has 0 saturated carbocycles. The number of aryl methyl sites for hydroxylation is 1. The first kappa shape index (κ1) is 24.8. The Balaban J connectivity index is 2.20. The molecule has 31 heavy (non-hydrogen) atoms. The van der Waals surface area contributed by atoms with Gasteiger partial charge in [0.1, 0.15) is 6.10 Å². The highest BCUT2D eigenvalue weighted by atomic mass is 16.7. The maximum absolute atomic E-state index is 11.7. The Labute approximate surface area is 181 Å². The number of aliphatic hydroxyl groups is 1. The number of benzene rings is 1. The molecule has 1 aliphatic heterocycles. The van der Waals surface area contributed by atoms with E-state index in [4.69, 9.17) is 23.7 Å². The number of hydrogen-bond acceptors (Lipinski definition) is 9. The third kappa shape index (κ3) is 7.61. The summed E-state index contributed by atoms with van der Waals surface area (Å²) in [7, 11) is 0.